The molecule has 0 saturated carbocycles. The van der Waals surface area contributed by atoms with E-state index < -0.39 is 0 Å². The number of H-pyrrole nitrogens is 1. The molecule has 3 heteroatoms. The lowest BCUT2D eigenvalue weighted by molar-refractivity contribution is 1.48. The summed E-state index contributed by atoms with van der Waals surface area (Å²) in [5, 5.41) is 9.92. The van der Waals surface area contributed by atoms with Gasteiger partial charge >= 0.3 is 0 Å². The van der Waals surface area contributed by atoms with E-state index in [4.69, 9.17) is 16.9 Å². The molecule has 14 heavy (non-hydrogen) atoms. The van der Waals surface area contributed by atoms with Crippen molar-refractivity contribution in [2.45, 2.75) is 0 Å². The molecule has 0 amide bonds. The molecule has 2 nitrogen and oxygen atoms in total. The van der Waals surface area contributed by atoms with Crippen LogP contribution in [0.3, 0.4) is 0 Å². The van der Waals surface area contributed by atoms with Gasteiger partial charge in [0.2, 0.25) is 0 Å². The molecule has 2 rings (SSSR count). The Hall–Kier alpha value is -1.90. The zero-order valence-corrected chi connectivity index (χ0v) is 7.89. The van der Waals surface area contributed by atoms with Crippen LogP contribution in [0.15, 0.2) is 24.4 Å². The number of nitrogens with zero attached hydrogens (tertiary/aromatic N) is 1. The fourth-order valence-corrected chi connectivity index (χ4v) is 1.48. The smallest absolute Gasteiger partial charge is 0.152 e. The molecule has 0 aliphatic carbocycles. The first kappa shape index (κ1) is 8.69. The maximum Gasteiger partial charge on any atom is 0.152 e. The largest absolute Gasteiger partial charge is 0.361 e. The predicted octanol–water partition coefficient (Wildman–Crippen LogP) is 2.70. The molecule has 1 aromatic heterocycles. The number of aromatic amines is 1. The Bertz CT molecular complexity index is 579. The van der Waals surface area contributed by atoms with Crippen LogP contribution in [0.1, 0.15) is 5.56 Å². The number of aromatic nitrogens is 1. The zero-order chi connectivity index (χ0) is 9.97. The summed E-state index contributed by atoms with van der Waals surface area (Å²) in [6.45, 7) is 0. The number of rotatable bonds is 0. The molecule has 1 N–H and O–H groups in total. The molecule has 0 fully saturated rings. The van der Waals surface area contributed by atoms with E-state index in [1.807, 2.05) is 18.3 Å². The number of hydrogen-bond donors (Lipinski definition) is 1. The molecule has 0 bridgehead atoms. The highest BCUT2D eigenvalue weighted by Crippen LogP contribution is 2.22. The maximum atomic E-state index is 8.32. The van der Waals surface area contributed by atoms with Gasteiger partial charge in [0.25, 0.3) is 0 Å². The van der Waals surface area contributed by atoms with Gasteiger partial charge in [-0.3, -0.25) is 0 Å². The van der Waals surface area contributed by atoms with Gasteiger partial charge < -0.3 is 4.98 Å². The van der Waals surface area contributed by atoms with E-state index in [2.05, 4.69) is 16.8 Å². The Morgan fingerprint density at radius 1 is 1.36 bits per heavy atom. The minimum Gasteiger partial charge on any atom is -0.361 e. The van der Waals surface area contributed by atoms with Gasteiger partial charge in [-0.15, -0.1) is 0 Å². The fraction of sp³-hybridized carbons (Fsp3) is 0. The van der Waals surface area contributed by atoms with E-state index >= 15 is 0 Å². The van der Waals surface area contributed by atoms with Gasteiger partial charge in [-0.2, -0.15) is 5.26 Å². The molecule has 0 atom stereocenters. The van der Waals surface area contributed by atoms with Gasteiger partial charge in [0.1, 0.15) is 0 Å². The van der Waals surface area contributed by atoms with Crippen LogP contribution in [0.5, 0.6) is 0 Å². The van der Waals surface area contributed by atoms with Crippen molar-refractivity contribution in [1.29, 1.82) is 5.26 Å². The number of nitriles is 1. The summed E-state index contributed by atoms with van der Waals surface area (Å²) < 4.78 is 0. The lowest BCUT2D eigenvalue weighted by atomic mass is 10.1. The third kappa shape index (κ3) is 1.44. The van der Waals surface area contributed by atoms with E-state index in [1.165, 1.54) is 0 Å². The summed E-state index contributed by atoms with van der Waals surface area (Å²) in [6.07, 6.45) is 1.84. The van der Waals surface area contributed by atoms with Crippen LogP contribution < -0.4 is 0 Å². The molecule has 0 aliphatic rings. The minimum atomic E-state index is 0.558. The van der Waals surface area contributed by atoms with Gasteiger partial charge in [-0.25, -0.2) is 0 Å². The molecule has 0 saturated heterocycles. The molecular weight excluding hydrogens is 196 g/mol. The first-order valence-electron chi connectivity index (χ1n) is 3.98. The van der Waals surface area contributed by atoms with Crippen LogP contribution in [-0.4, -0.2) is 4.98 Å². The second-order valence-corrected chi connectivity index (χ2v) is 3.17. The Labute approximate surface area is 86.1 Å². The van der Waals surface area contributed by atoms with Crippen molar-refractivity contribution in [3.05, 3.63) is 35.0 Å². The van der Waals surface area contributed by atoms with Crippen molar-refractivity contribution in [2.24, 2.45) is 0 Å². The van der Waals surface area contributed by atoms with Gasteiger partial charge in [-0.05, 0) is 24.1 Å². The second kappa shape index (κ2) is 3.46. The van der Waals surface area contributed by atoms with Crippen molar-refractivity contribution in [3.8, 4) is 17.9 Å². The molecule has 0 aliphatic heterocycles. The van der Waals surface area contributed by atoms with E-state index in [-0.39, 0.29) is 0 Å². The first-order chi connectivity index (χ1) is 6.81. The normalized spacial score (nSPS) is 9.14. The number of fused-ring (bicyclic) bond motifs is 1. The van der Waals surface area contributed by atoms with Gasteiger partial charge in [0, 0.05) is 28.6 Å². The lowest BCUT2D eigenvalue weighted by Crippen LogP contribution is -1.77. The fourth-order valence-electron chi connectivity index (χ4n) is 1.27. The highest BCUT2D eigenvalue weighted by Gasteiger charge is 2.00. The third-order valence-electron chi connectivity index (χ3n) is 1.89. The molecule has 0 spiro atoms. The average molecular weight is 201 g/mol. The van der Waals surface area contributed by atoms with E-state index in [0.717, 1.165) is 10.9 Å². The quantitative estimate of drug-likeness (QED) is 0.653. The molecule has 66 valence electrons. The summed E-state index contributed by atoms with van der Waals surface area (Å²) in [4.78, 5) is 3.05. The van der Waals surface area contributed by atoms with E-state index in [9.17, 15) is 0 Å². The van der Waals surface area contributed by atoms with Gasteiger partial charge in [-0.1, -0.05) is 11.6 Å². The summed E-state index contributed by atoms with van der Waals surface area (Å²) in [5.41, 5.74) is 1.65. The summed E-state index contributed by atoms with van der Waals surface area (Å²) in [6, 6.07) is 7.35. The standard InChI is InChI=1S/C11H5ClN2/c12-10-7-11-9(3-5-14-11)6-8(10)2-1-4-13/h3,5-7,14H. The zero-order valence-electron chi connectivity index (χ0n) is 7.13. The topological polar surface area (TPSA) is 39.6 Å². The monoisotopic (exact) mass is 200 g/mol. The van der Waals surface area contributed by atoms with Crippen LogP contribution in [0, 0.1) is 23.2 Å². The average Bonchev–Trinajstić information content (AvgIpc) is 2.61. The summed E-state index contributed by atoms with van der Waals surface area (Å²) in [7, 11) is 0. The molecule has 0 radical (unpaired) electrons. The van der Waals surface area contributed by atoms with Crippen LogP contribution in [0.25, 0.3) is 10.9 Å². The molecule has 0 unspecified atom stereocenters. The minimum absolute atomic E-state index is 0.558. The Morgan fingerprint density at radius 2 is 2.21 bits per heavy atom. The maximum absolute atomic E-state index is 8.32. The Morgan fingerprint density at radius 3 is 3.00 bits per heavy atom. The van der Waals surface area contributed by atoms with Gasteiger partial charge in [0.15, 0.2) is 6.07 Å². The van der Waals surface area contributed by atoms with Gasteiger partial charge in [0.05, 0.1) is 5.02 Å². The molecule has 1 heterocycles. The van der Waals surface area contributed by atoms with Crippen LogP contribution in [0.2, 0.25) is 5.02 Å². The first-order valence-corrected chi connectivity index (χ1v) is 4.36. The SMILES string of the molecule is N#CC#Cc1cc2cc[nH]c2cc1Cl. The molecule has 2 aromatic rings. The van der Waals surface area contributed by atoms with E-state index in [1.54, 1.807) is 12.1 Å². The lowest BCUT2D eigenvalue weighted by Gasteiger charge is -1.95. The van der Waals surface area contributed by atoms with Crippen molar-refractivity contribution in [1.82, 2.24) is 4.98 Å². The summed E-state index contributed by atoms with van der Waals surface area (Å²) in [5.74, 6) is 5.01. The highest BCUT2D eigenvalue weighted by atomic mass is 35.5. The highest BCUT2D eigenvalue weighted by molar-refractivity contribution is 6.32. The number of halogens is 1. The van der Waals surface area contributed by atoms with Crippen LogP contribution >= 0.6 is 11.6 Å². The Balaban J connectivity index is 2.66. The number of nitrogens with one attached hydrogen (secondary N) is 1. The van der Waals surface area contributed by atoms with Crippen LogP contribution in [0.4, 0.5) is 0 Å². The number of benzene rings is 1. The van der Waals surface area contributed by atoms with Crippen molar-refractivity contribution < 1.29 is 0 Å². The summed E-state index contributed by atoms with van der Waals surface area (Å²) >= 11 is 5.96. The van der Waals surface area contributed by atoms with Crippen molar-refractivity contribution >= 4 is 22.5 Å². The molecular formula is C11H5ClN2. The second-order valence-electron chi connectivity index (χ2n) is 2.76. The number of hydrogen-bond acceptors (Lipinski definition) is 1. The third-order valence-corrected chi connectivity index (χ3v) is 2.21. The molecule has 1 aromatic carbocycles. The van der Waals surface area contributed by atoms with E-state index in [0.29, 0.717) is 10.6 Å². The Kier molecular flexibility index (Phi) is 2.14. The van der Waals surface area contributed by atoms with Crippen LogP contribution in [-0.2, 0) is 0 Å². The predicted molar refractivity (Wildman–Crippen MR) is 55.8 cm³/mol. The van der Waals surface area contributed by atoms with Crippen molar-refractivity contribution in [3.63, 3.8) is 0 Å². The van der Waals surface area contributed by atoms with Crippen molar-refractivity contribution in [2.75, 3.05) is 0 Å².